The molecule has 1 N–H and O–H groups in total. The Bertz CT molecular complexity index is 205. The van der Waals surface area contributed by atoms with Crippen LogP contribution in [-0.4, -0.2) is 25.8 Å². The molecular formula is C14H27NO. The van der Waals surface area contributed by atoms with Crippen molar-refractivity contribution in [2.24, 2.45) is 11.8 Å². The van der Waals surface area contributed by atoms with Crippen LogP contribution in [0.25, 0.3) is 0 Å². The highest BCUT2D eigenvalue weighted by Crippen LogP contribution is 2.28. The van der Waals surface area contributed by atoms with Gasteiger partial charge in [-0.25, -0.2) is 0 Å². The molecule has 0 bridgehead atoms. The van der Waals surface area contributed by atoms with Crippen LogP contribution >= 0.6 is 0 Å². The molecule has 2 atom stereocenters. The number of hydrogen-bond donors (Lipinski definition) is 1. The maximum absolute atomic E-state index is 5.49. The summed E-state index contributed by atoms with van der Waals surface area (Å²) in [5.41, 5.74) is 1.10. The molecule has 0 spiro atoms. The van der Waals surface area contributed by atoms with E-state index in [1.165, 1.54) is 19.3 Å². The lowest BCUT2D eigenvalue weighted by Crippen LogP contribution is -2.44. The van der Waals surface area contributed by atoms with E-state index in [1.54, 1.807) is 0 Å². The van der Waals surface area contributed by atoms with Gasteiger partial charge in [-0.2, -0.15) is 0 Å². The molecule has 2 heteroatoms. The Hall–Kier alpha value is -0.340. The van der Waals surface area contributed by atoms with E-state index in [1.807, 2.05) is 6.92 Å². The van der Waals surface area contributed by atoms with Crippen molar-refractivity contribution in [1.82, 2.24) is 5.32 Å². The van der Waals surface area contributed by atoms with Gasteiger partial charge in [-0.05, 0) is 31.6 Å². The van der Waals surface area contributed by atoms with Crippen LogP contribution in [0, 0.1) is 11.8 Å². The van der Waals surface area contributed by atoms with Crippen LogP contribution in [0.5, 0.6) is 0 Å². The second-order valence-electron chi connectivity index (χ2n) is 5.38. The van der Waals surface area contributed by atoms with Gasteiger partial charge in [0, 0.05) is 12.6 Å². The lowest BCUT2D eigenvalue weighted by Gasteiger charge is -2.35. The van der Waals surface area contributed by atoms with Gasteiger partial charge in [-0.15, -0.1) is 0 Å². The van der Waals surface area contributed by atoms with Crippen LogP contribution in [0.4, 0.5) is 0 Å². The summed E-state index contributed by atoms with van der Waals surface area (Å²) in [5, 5.41) is 3.64. The predicted octanol–water partition coefficient (Wildman–Crippen LogP) is 2.99. The van der Waals surface area contributed by atoms with E-state index >= 15 is 0 Å². The van der Waals surface area contributed by atoms with Gasteiger partial charge >= 0.3 is 0 Å². The van der Waals surface area contributed by atoms with E-state index < -0.39 is 0 Å². The summed E-state index contributed by atoms with van der Waals surface area (Å²) in [6, 6.07) is 0.683. The van der Waals surface area contributed by atoms with Crippen LogP contribution in [0.2, 0.25) is 0 Å². The molecule has 0 heterocycles. The topological polar surface area (TPSA) is 21.3 Å². The molecule has 0 saturated heterocycles. The molecule has 1 saturated carbocycles. The van der Waals surface area contributed by atoms with E-state index in [4.69, 9.17) is 4.74 Å². The van der Waals surface area contributed by atoms with Crippen LogP contribution in [0.15, 0.2) is 12.2 Å². The van der Waals surface area contributed by atoms with Gasteiger partial charge in [0.2, 0.25) is 0 Å². The van der Waals surface area contributed by atoms with Crippen molar-refractivity contribution in [2.45, 2.75) is 46.1 Å². The second kappa shape index (κ2) is 7.08. The third kappa shape index (κ3) is 4.67. The monoisotopic (exact) mass is 225 g/mol. The number of hydrogen-bond acceptors (Lipinski definition) is 2. The smallest absolute Gasteiger partial charge is 0.0672 e. The quantitative estimate of drug-likeness (QED) is 0.554. The first kappa shape index (κ1) is 13.7. The van der Waals surface area contributed by atoms with Crippen molar-refractivity contribution < 1.29 is 4.74 Å². The van der Waals surface area contributed by atoms with Crippen molar-refractivity contribution in [2.75, 3.05) is 19.8 Å². The highest BCUT2D eigenvalue weighted by Gasteiger charge is 2.26. The SMILES string of the molecule is C=C(C)COCCNC1C(C)CCCC1C. The zero-order valence-corrected chi connectivity index (χ0v) is 11.1. The summed E-state index contributed by atoms with van der Waals surface area (Å²) in [6.45, 7) is 13.0. The second-order valence-corrected chi connectivity index (χ2v) is 5.38. The zero-order valence-electron chi connectivity index (χ0n) is 11.1. The van der Waals surface area contributed by atoms with Gasteiger partial charge in [-0.3, -0.25) is 0 Å². The fraction of sp³-hybridized carbons (Fsp3) is 0.857. The molecular weight excluding hydrogens is 198 g/mol. The standard InChI is InChI=1S/C14H27NO/c1-11(2)10-16-9-8-15-14-12(3)6-5-7-13(14)4/h12-15H,1,5-10H2,2-4H3. The van der Waals surface area contributed by atoms with Gasteiger partial charge in [0.25, 0.3) is 0 Å². The summed E-state index contributed by atoms with van der Waals surface area (Å²) in [5.74, 6) is 1.62. The van der Waals surface area contributed by atoms with Crippen LogP contribution in [0.3, 0.4) is 0 Å². The number of ether oxygens (including phenoxy) is 1. The Kier molecular flexibility index (Phi) is 6.07. The molecule has 1 rings (SSSR count). The van der Waals surface area contributed by atoms with Crippen LogP contribution in [0.1, 0.15) is 40.0 Å². The van der Waals surface area contributed by atoms with Crippen molar-refractivity contribution >= 4 is 0 Å². The fourth-order valence-electron chi connectivity index (χ4n) is 2.63. The lowest BCUT2D eigenvalue weighted by molar-refractivity contribution is 0.139. The molecule has 2 nitrogen and oxygen atoms in total. The number of nitrogens with one attached hydrogen (secondary N) is 1. The molecule has 0 amide bonds. The molecule has 2 unspecified atom stereocenters. The normalized spacial score (nSPS) is 30.3. The largest absolute Gasteiger partial charge is 0.376 e. The van der Waals surface area contributed by atoms with Crippen LogP contribution < -0.4 is 5.32 Å². The maximum Gasteiger partial charge on any atom is 0.0672 e. The number of rotatable bonds is 6. The molecule has 16 heavy (non-hydrogen) atoms. The molecule has 94 valence electrons. The summed E-state index contributed by atoms with van der Waals surface area (Å²) in [6.07, 6.45) is 4.13. The summed E-state index contributed by atoms with van der Waals surface area (Å²) in [4.78, 5) is 0. The summed E-state index contributed by atoms with van der Waals surface area (Å²) < 4.78 is 5.49. The zero-order chi connectivity index (χ0) is 12.0. The first-order valence-electron chi connectivity index (χ1n) is 6.56. The molecule has 1 aliphatic carbocycles. The third-order valence-corrected chi connectivity index (χ3v) is 3.52. The Morgan fingerprint density at radius 2 is 1.94 bits per heavy atom. The van der Waals surface area contributed by atoms with Gasteiger partial charge < -0.3 is 10.1 Å². The summed E-state index contributed by atoms with van der Waals surface area (Å²) in [7, 11) is 0. The van der Waals surface area contributed by atoms with Gasteiger partial charge in [0.05, 0.1) is 13.2 Å². The minimum Gasteiger partial charge on any atom is -0.376 e. The maximum atomic E-state index is 5.49. The Morgan fingerprint density at radius 3 is 2.50 bits per heavy atom. The predicted molar refractivity (Wildman–Crippen MR) is 69.6 cm³/mol. The van der Waals surface area contributed by atoms with Crippen LogP contribution in [-0.2, 0) is 4.74 Å². The Balaban J connectivity index is 2.13. The lowest BCUT2D eigenvalue weighted by atomic mass is 9.79. The van der Waals surface area contributed by atoms with Gasteiger partial charge in [0.15, 0.2) is 0 Å². The summed E-state index contributed by atoms with van der Waals surface area (Å²) >= 11 is 0. The third-order valence-electron chi connectivity index (χ3n) is 3.52. The van der Waals surface area contributed by atoms with E-state index in [0.29, 0.717) is 12.6 Å². The van der Waals surface area contributed by atoms with Crippen molar-refractivity contribution in [3.63, 3.8) is 0 Å². The van der Waals surface area contributed by atoms with Crippen molar-refractivity contribution in [1.29, 1.82) is 0 Å². The molecule has 0 radical (unpaired) electrons. The van der Waals surface area contributed by atoms with Crippen molar-refractivity contribution in [3.05, 3.63) is 12.2 Å². The fourth-order valence-corrected chi connectivity index (χ4v) is 2.63. The average Bonchev–Trinajstić information content (AvgIpc) is 2.21. The van der Waals surface area contributed by atoms with Crippen molar-refractivity contribution in [3.8, 4) is 0 Å². The molecule has 0 aromatic carbocycles. The minimum absolute atomic E-state index is 0.683. The van der Waals surface area contributed by atoms with Gasteiger partial charge in [-0.1, -0.05) is 32.4 Å². The molecule has 0 aromatic rings. The molecule has 1 aliphatic rings. The molecule has 0 aliphatic heterocycles. The average molecular weight is 225 g/mol. The first-order valence-corrected chi connectivity index (χ1v) is 6.56. The molecule has 0 aromatic heterocycles. The van der Waals surface area contributed by atoms with E-state index in [-0.39, 0.29) is 0 Å². The Labute approximate surface area is 100 Å². The minimum atomic E-state index is 0.683. The highest BCUT2D eigenvalue weighted by atomic mass is 16.5. The Morgan fingerprint density at radius 1 is 1.31 bits per heavy atom. The molecule has 1 fully saturated rings. The van der Waals surface area contributed by atoms with Gasteiger partial charge in [0.1, 0.15) is 0 Å². The van der Waals surface area contributed by atoms with E-state index in [2.05, 4.69) is 25.7 Å². The van der Waals surface area contributed by atoms with E-state index in [0.717, 1.165) is 30.6 Å². The van der Waals surface area contributed by atoms with E-state index in [9.17, 15) is 0 Å². The first-order chi connectivity index (χ1) is 7.61. The highest BCUT2D eigenvalue weighted by molar-refractivity contribution is 4.87.